The molecule has 0 aliphatic rings. The number of nitrogens with zero attached hydrogens (tertiary/aromatic N) is 2. The molecule has 110 valence electrons. The first-order valence-corrected chi connectivity index (χ1v) is 6.60. The molecule has 1 aromatic carbocycles. The van der Waals surface area contributed by atoms with Crippen molar-refractivity contribution < 1.29 is 14.1 Å². The van der Waals surface area contributed by atoms with Gasteiger partial charge in [-0.05, 0) is 30.7 Å². The number of aromatic nitrogens is 1. The lowest BCUT2D eigenvalue weighted by Gasteiger charge is -2.16. The summed E-state index contributed by atoms with van der Waals surface area (Å²) in [4.78, 5) is 24.9. The predicted molar refractivity (Wildman–Crippen MR) is 76.6 cm³/mol. The Morgan fingerprint density at radius 3 is 2.43 bits per heavy atom. The molecule has 0 radical (unpaired) electrons. The van der Waals surface area contributed by atoms with Crippen LogP contribution < -0.4 is 5.73 Å². The average Bonchev–Trinajstić information content (AvgIpc) is 2.93. The van der Waals surface area contributed by atoms with E-state index in [1.54, 1.807) is 42.5 Å². The normalized spacial score (nSPS) is 10.4. The summed E-state index contributed by atoms with van der Waals surface area (Å²) in [6.45, 7) is 2.40. The van der Waals surface area contributed by atoms with Crippen molar-refractivity contribution in [2.45, 2.75) is 19.9 Å². The number of nitrogens with two attached hydrogens (primary N) is 1. The van der Waals surface area contributed by atoms with Gasteiger partial charge in [-0.2, -0.15) is 0 Å². The molecule has 1 heterocycles. The zero-order chi connectivity index (χ0) is 15.4. The van der Waals surface area contributed by atoms with Crippen molar-refractivity contribution in [3.05, 3.63) is 52.9 Å². The second kappa shape index (κ2) is 6.21. The van der Waals surface area contributed by atoms with Gasteiger partial charge in [0.25, 0.3) is 5.91 Å². The average molecular weight is 287 g/mol. The van der Waals surface area contributed by atoms with Crippen LogP contribution in [0.1, 0.15) is 38.9 Å². The molecule has 2 N–H and O–H groups in total. The summed E-state index contributed by atoms with van der Waals surface area (Å²) in [5.41, 5.74) is 7.78. The van der Waals surface area contributed by atoms with E-state index in [1.165, 1.54) is 0 Å². The fourth-order valence-electron chi connectivity index (χ4n) is 2.03. The molecule has 1 aromatic heterocycles. The summed E-state index contributed by atoms with van der Waals surface area (Å²) < 4.78 is 4.93. The number of aryl methyl sites for hydroxylation is 1. The van der Waals surface area contributed by atoms with Crippen LogP contribution in [0.4, 0.5) is 0 Å². The number of carbonyl (C=O) groups is 2. The van der Waals surface area contributed by atoms with Gasteiger partial charge in [-0.3, -0.25) is 9.59 Å². The van der Waals surface area contributed by atoms with Crippen LogP contribution in [0.3, 0.4) is 0 Å². The molecule has 21 heavy (non-hydrogen) atoms. The van der Waals surface area contributed by atoms with Gasteiger partial charge in [0.05, 0.1) is 12.2 Å². The first-order chi connectivity index (χ1) is 10.0. The fourth-order valence-corrected chi connectivity index (χ4v) is 2.03. The summed E-state index contributed by atoms with van der Waals surface area (Å²) >= 11 is 0. The monoisotopic (exact) mass is 287 g/mol. The Hall–Kier alpha value is -2.63. The largest absolute Gasteiger partial charge is 0.366 e. The number of primary amides is 1. The van der Waals surface area contributed by atoms with E-state index < -0.39 is 5.91 Å². The van der Waals surface area contributed by atoms with Gasteiger partial charge < -0.3 is 15.2 Å². The Bertz CT molecular complexity index is 646. The van der Waals surface area contributed by atoms with E-state index in [2.05, 4.69) is 5.16 Å². The van der Waals surface area contributed by atoms with Crippen LogP contribution in [-0.2, 0) is 13.0 Å². The number of rotatable bonds is 5. The molecule has 0 spiro atoms. The molecule has 0 aliphatic heterocycles. The summed E-state index contributed by atoms with van der Waals surface area (Å²) in [7, 11) is 1.71. The third-order valence-corrected chi connectivity index (χ3v) is 3.23. The zero-order valence-electron chi connectivity index (χ0n) is 12.0. The molecule has 0 bridgehead atoms. The topological polar surface area (TPSA) is 89.4 Å². The number of amides is 2. The van der Waals surface area contributed by atoms with E-state index in [-0.39, 0.29) is 5.91 Å². The number of hydrogen-bond donors (Lipinski definition) is 1. The number of carbonyl (C=O) groups excluding carboxylic acids is 2. The van der Waals surface area contributed by atoms with Crippen molar-refractivity contribution in [3.63, 3.8) is 0 Å². The maximum absolute atomic E-state index is 12.3. The van der Waals surface area contributed by atoms with E-state index >= 15 is 0 Å². The van der Waals surface area contributed by atoms with Crippen molar-refractivity contribution in [1.29, 1.82) is 0 Å². The molecule has 0 fully saturated rings. The molecule has 0 saturated carbocycles. The molecule has 0 aliphatic carbocycles. The first-order valence-electron chi connectivity index (χ1n) is 6.60. The van der Waals surface area contributed by atoms with E-state index in [1.807, 2.05) is 6.92 Å². The molecule has 2 rings (SSSR count). The highest BCUT2D eigenvalue weighted by molar-refractivity contribution is 5.97. The van der Waals surface area contributed by atoms with Gasteiger partial charge in [-0.1, -0.05) is 12.1 Å². The minimum atomic E-state index is -0.514. The Morgan fingerprint density at radius 2 is 1.86 bits per heavy atom. The second-order valence-electron chi connectivity index (χ2n) is 4.74. The maximum Gasteiger partial charge on any atom is 0.253 e. The lowest BCUT2D eigenvalue weighted by molar-refractivity contribution is 0.0784. The van der Waals surface area contributed by atoms with Gasteiger partial charge in [0.15, 0.2) is 0 Å². The Kier molecular flexibility index (Phi) is 4.37. The quantitative estimate of drug-likeness (QED) is 0.904. The Morgan fingerprint density at radius 1 is 1.24 bits per heavy atom. The van der Waals surface area contributed by atoms with E-state index in [0.29, 0.717) is 17.7 Å². The lowest BCUT2D eigenvalue weighted by Crippen LogP contribution is -2.26. The van der Waals surface area contributed by atoms with Gasteiger partial charge in [-0.15, -0.1) is 0 Å². The summed E-state index contributed by atoms with van der Waals surface area (Å²) in [6.07, 6.45) is 2.31. The molecule has 2 aromatic rings. The van der Waals surface area contributed by atoms with Crippen LogP contribution in [0.5, 0.6) is 0 Å². The molecular formula is C15H17N3O3. The van der Waals surface area contributed by atoms with Crippen molar-refractivity contribution in [2.75, 3.05) is 7.05 Å². The Balaban J connectivity index is 2.10. The van der Waals surface area contributed by atoms with Crippen LogP contribution >= 0.6 is 0 Å². The first kappa shape index (κ1) is 14.8. The van der Waals surface area contributed by atoms with Crippen molar-refractivity contribution in [3.8, 4) is 0 Å². The molecule has 6 nitrogen and oxygen atoms in total. The van der Waals surface area contributed by atoms with Gasteiger partial charge in [-0.25, -0.2) is 0 Å². The highest BCUT2D eigenvalue weighted by Crippen LogP contribution is 2.13. The van der Waals surface area contributed by atoms with Crippen LogP contribution in [0.25, 0.3) is 0 Å². The summed E-state index contributed by atoms with van der Waals surface area (Å²) in [6, 6.07) is 6.27. The lowest BCUT2D eigenvalue weighted by atomic mass is 10.1. The predicted octanol–water partition coefficient (Wildman–Crippen LogP) is 1.61. The van der Waals surface area contributed by atoms with Gasteiger partial charge >= 0.3 is 0 Å². The molecule has 0 atom stereocenters. The third-order valence-electron chi connectivity index (χ3n) is 3.23. The molecule has 0 unspecified atom stereocenters. The van der Waals surface area contributed by atoms with Gasteiger partial charge in [0.2, 0.25) is 5.91 Å². The summed E-state index contributed by atoms with van der Waals surface area (Å²) in [5, 5.41) is 3.89. The van der Waals surface area contributed by atoms with Gasteiger partial charge in [0.1, 0.15) is 6.26 Å². The van der Waals surface area contributed by atoms with Crippen molar-refractivity contribution >= 4 is 11.8 Å². The summed E-state index contributed by atoms with van der Waals surface area (Å²) in [5.74, 6) is -0.659. The standard InChI is InChI=1S/C15H17N3O3/c1-3-13-12(9-21-17-13)8-18(2)15(20)11-6-4-10(5-7-11)14(16)19/h4-7,9H,3,8H2,1-2H3,(H2,16,19). The zero-order valence-corrected chi connectivity index (χ0v) is 12.0. The maximum atomic E-state index is 12.3. The third kappa shape index (κ3) is 3.28. The van der Waals surface area contributed by atoms with E-state index in [0.717, 1.165) is 17.7 Å². The van der Waals surface area contributed by atoms with Crippen LogP contribution in [-0.4, -0.2) is 28.9 Å². The highest BCUT2D eigenvalue weighted by atomic mass is 16.5. The second-order valence-corrected chi connectivity index (χ2v) is 4.74. The highest BCUT2D eigenvalue weighted by Gasteiger charge is 2.15. The van der Waals surface area contributed by atoms with Crippen LogP contribution in [0.15, 0.2) is 35.1 Å². The minimum Gasteiger partial charge on any atom is -0.366 e. The fraction of sp³-hybridized carbons (Fsp3) is 0.267. The molecular weight excluding hydrogens is 270 g/mol. The smallest absolute Gasteiger partial charge is 0.253 e. The molecule has 2 amide bonds. The number of benzene rings is 1. The molecule has 0 saturated heterocycles. The Labute approximate surface area is 122 Å². The van der Waals surface area contributed by atoms with Crippen molar-refractivity contribution in [2.24, 2.45) is 5.73 Å². The minimum absolute atomic E-state index is 0.144. The number of hydrogen-bond acceptors (Lipinski definition) is 4. The van der Waals surface area contributed by atoms with Crippen LogP contribution in [0.2, 0.25) is 0 Å². The van der Waals surface area contributed by atoms with E-state index in [4.69, 9.17) is 10.3 Å². The molecule has 6 heteroatoms. The van der Waals surface area contributed by atoms with E-state index in [9.17, 15) is 9.59 Å². The van der Waals surface area contributed by atoms with Crippen LogP contribution in [0, 0.1) is 0 Å². The SMILES string of the molecule is CCc1nocc1CN(C)C(=O)c1ccc(C(N)=O)cc1. The van der Waals surface area contributed by atoms with Gasteiger partial charge in [0, 0.05) is 23.7 Å². The van der Waals surface area contributed by atoms with Crippen molar-refractivity contribution in [1.82, 2.24) is 10.1 Å².